The maximum Gasteiger partial charge on any atom is 0.251 e. The summed E-state index contributed by atoms with van der Waals surface area (Å²) in [5.74, 6) is 0.762. The summed E-state index contributed by atoms with van der Waals surface area (Å²) in [4.78, 5) is 11.9. The van der Waals surface area contributed by atoms with Gasteiger partial charge in [-0.2, -0.15) is 0 Å². The van der Waals surface area contributed by atoms with E-state index >= 15 is 0 Å². The maximum absolute atomic E-state index is 11.9. The Balaban J connectivity index is 2.01. The molecule has 0 bridgehead atoms. The lowest BCUT2D eigenvalue weighted by Gasteiger charge is -2.33. The molecule has 86 valence electrons. The molecule has 1 aromatic carbocycles. The van der Waals surface area contributed by atoms with Crippen LogP contribution >= 0.6 is 0 Å². The van der Waals surface area contributed by atoms with Crippen LogP contribution in [0.5, 0.6) is 0 Å². The minimum Gasteiger partial charge on any atom is -0.399 e. The SMILES string of the molecule is Cc1cc(C(=O)NC2CC(C)C2)ccc1N. The Morgan fingerprint density at radius 2 is 2.12 bits per heavy atom. The zero-order chi connectivity index (χ0) is 11.7. The first-order valence-electron chi connectivity index (χ1n) is 5.73. The van der Waals surface area contributed by atoms with Gasteiger partial charge in [-0.3, -0.25) is 4.79 Å². The Labute approximate surface area is 96.0 Å². The molecule has 0 unspecified atom stereocenters. The Kier molecular flexibility index (Phi) is 2.86. The molecule has 1 saturated carbocycles. The average molecular weight is 218 g/mol. The maximum atomic E-state index is 11.9. The first-order valence-corrected chi connectivity index (χ1v) is 5.73. The largest absolute Gasteiger partial charge is 0.399 e. The van der Waals surface area contributed by atoms with Crippen molar-refractivity contribution in [1.82, 2.24) is 5.32 Å². The van der Waals surface area contributed by atoms with Gasteiger partial charge in [0.1, 0.15) is 0 Å². The second-order valence-electron chi connectivity index (χ2n) is 4.82. The van der Waals surface area contributed by atoms with Gasteiger partial charge in [-0.1, -0.05) is 6.92 Å². The van der Waals surface area contributed by atoms with Crippen LogP contribution in [0.3, 0.4) is 0 Å². The summed E-state index contributed by atoms with van der Waals surface area (Å²) in [5, 5.41) is 3.03. The van der Waals surface area contributed by atoms with Gasteiger partial charge in [0.25, 0.3) is 5.91 Å². The van der Waals surface area contributed by atoms with E-state index in [1.807, 2.05) is 13.0 Å². The van der Waals surface area contributed by atoms with Crippen LogP contribution in [0.1, 0.15) is 35.7 Å². The molecule has 1 aromatic rings. The highest BCUT2D eigenvalue weighted by Gasteiger charge is 2.26. The number of aryl methyl sites for hydroxylation is 1. The lowest BCUT2D eigenvalue weighted by molar-refractivity contribution is 0.0896. The minimum atomic E-state index is 0.0139. The number of rotatable bonds is 2. The number of nitrogens with two attached hydrogens (primary N) is 1. The second-order valence-corrected chi connectivity index (χ2v) is 4.82. The van der Waals surface area contributed by atoms with Gasteiger partial charge in [-0.25, -0.2) is 0 Å². The van der Waals surface area contributed by atoms with Crippen LogP contribution in [0.4, 0.5) is 5.69 Å². The standard InChI is InChI=1S/C13H18N2O/c1-8-5-11(6-8)15-13(16)10-3-4-12(14)9(2)7-10/h3-4,7-8,11H,5-6,14H2,1-2H3,(H,15,16). The summed E-state index contributed by atoms with van der Waals surface area (Å²) in [5.41, 5.74) is 8.10. The fourth-order valence-corrected chi connectivity index (χ4v) is 2.11. The minimum absolute atomic E-state index is 0.0139. The zero-order valence-corrected chi connectivity index (χ0v) is 9.79. The number of carbonyl (C=O) groups excluding carboxylic acids is 1. The average Bonchev–Trinajstić information content (AvgIpc) is 2.19. The van der Waals surface area contributed by atoms with Gasteiger partial charge in [0, 0.05) is 17.3 Å². The number of hydrogen-bond donors (Lipinski definition) is 2. The summed E-state index contributed by atoms with van der Waals surface area (Å²) in [6, 6.07) is 5.76. The quantitative estimate of drug-likeness (QED) is 0.747. The fourth-order valence-electron chi connectivity index (χ4n) is 2.11. The van der Waals surface area contributed by atoms with Crippen molar-refractivity contribution in [2.75, 3.05) is 5.73 Å². The van der Waals surface area contributed by atoms with E-state index < -0.39 is 0 Å². The van der Waals surface area contributed by atoms with E-state index in [1.165, 1.54) is 0 Å². The van der Waals surface area contributed by atoms with Gasteiger partial charge >= 0.3 is 0 Å². The fraction of sp³-hybridized carbons (Fsp3) is 0.462. The molecule has 3 N–H and O–H groups in total. The topological polar surface area (TPSA) is 55.1 Å². The van der Waals surface area contributed by atoms with Crippen molar-refractivity contribution in [2.45, 2.75) is 32.7 Å². The van der Waals surface area contributed by atoms with Gasteiger partial charge in [-0.05, 0) is 49.4 Å². The van der Waals surface area contributed by atoms with Crippen LogP contribution in [0.25, 0.3) is 0 Å². The summed E-state index contributed by atoms with van der Waals surface area (Å²) >= 11 is 0. The number of amides is 1. The third-order valence-corrected chi connectivity index (χ3v) is 3.24. The summed E-state index contributed by atoms with van der Waals surface area (Å²) in [7, 11) is 0. The molecular weight excluding hydrogens is 200 g/mol. The lowest BCUT2D eigenvalue weighted by Crippen LogP contribution is -2.43. The van der Waals surface area contributed by atoms with Crippen molar-refractivity contribution >= 4 is 11.6 Å². The number of benzene rings is 1. The molecule has 1 amide bonds. The first kappa shape index (κ1) is 11.0. The molecule has 0 radical (unpaired) electrons. The predicted octanol–water partition coefficient (Wildman–Crippen LogP) is 2.11. The Hall–Kier alpha value is -1.51. The third kappa shape index (κ3) is 2.18. The van der Waals surface area contributed by atoms with Crippen molar-refractivity contribution in [2.24, 2.45) is 5.92 Å². The van der Waals surface area contributed by atoms with E-state index in [2.05, 4.69) is 12.2 Å². The van der Waals surface area contributed by atoms with Gasteiger partial charge in [-0.15, -0.1) is 0 Å². The number of anilines is 1. The number of carbonyl (C=O) groups is 1. The predicted molar refractivity (Wildman–Crippen MR) is 65.2 cm³/mol. The smallest absolute Gasteiger partial charge is 0.251 e. The van der Waals surface area contributed by atoms with E-state index in [-0.39, 0.29) is 5.91 Å². The van der Waals surface area contributed by atoms with Crippen LogP contribution in [0, 0.1) is 12.8 Å². The van der Waals surface area contributed by atoms with Crippen molar-refractivity contribution in [3.8, 4) is 0 Å². The van der Waals surface area contributed by atoms with E-state index in [0.29, 0.717) is 11.6 Å². The molecule has 1 fully saturated rings. The van der Waals surface area contributed by atoms with Gasteiger partial charge in [0.05, 0.1) is 0 Å². The van der Waals surface area contributed by atoms with E-state index in [1.54, 1.807) is 12.1 Å². The number of nitrogens with one attached hydrogen (secondary N) is 1. The van der Waals surface area contributed by atoms with Crippen LogP contribution < -0.4 is 11.1 Å². The monoisotopic (exact) mass is 218 g/mol. The summed E-state index contributed by atoms with van der Waals surface area (Å²) in [6.07, 6.45) is 2.19. The van der Waals surface area contributed by atoms with Crippen LogP contribution in [-0.4, -0.2) is 11.9 Å². The Morgan fingerprint density at radius 3 is 2.69 bits per heavy atom. The molecule has 0 aromatic heterocycles. The van der Waals surface area contributed by atoms with Crippen LogP contribution in [0.15, 0.2) is 18.2 Å². The van der Waals surface area contributed by atoms with Crippen LogP contribution in [-0.2, 0) is 0 Å². The van der Waals surface area contributed by atoms with Crippen molar-refractivity contribution in [1.29, 1.82) is 0 Å². The molecule has 0 heterocycles. The highest BCUT2D eigenvalue weighted by atomic mass is 16.1. The molecular formula is C13H18N2O. The molecule has 2 rings (SSSR count). The van der Waals surface area contributed by atoms with Crippen molar-refractivity contribution in [3.05, 3.63) is 29.3 Å². The lowest BCUT2D eigenvalue weighted by atomic mass is 9.82. The Morgan fingerprint density at radius 1 is 1.44 bits per heavy atom. The molecule has 16 heavy (non-hydrogen) atoms. The van der Waals surface area contributed by atoms with E-state index in [9.17, 15) is 4.79 Å². The van der Waals surface area contributed by atoms with Crippen LogP contribution in [0.2, 0.25) is 0 Å². The van der Waals surface area contributed by atoms with Gasteiger partial charge < -0.3 is 11.1 Å². The second kappa shape index (κ2) is 4.16. The highest BCUT2D eigenvalue weighted by Crippen LogP contribution is 2.26. The summed E-state index contributed by atoms with van der Waals surface area (Å²) < 4.78 is 0. The van der Waals surface area contributed by atoms with Gasteiger partial charge in [0.15, 0.2) is 0 Å². The molecule has 0 spiro atoms. The first-order chi connectivity index (χ1) is 7.56. The normalized spacial score (nSPS) is 23.6. The highest BCUT2D eigenvalue weighted by molar-refractivity contribution is 5.95. The third-order valence-electron chi connectivity index (χ3n) is 3.24. The van der Waals surface area contributed by atoms with E-state index in [4.69, 9.17) is 5.73 Å². The zero-order valence-electron chi connectivity index (χ0n) is 9.79. The Bertz CT molecular complexity index is 408. The molecule has 1 aliphatic carbocycles. The van der Waals surface area contributed by atoms with E-state index in [0.717, 1.165) is 30.0 Å². The van der Waals surface area contributed by atoms with Crippen molar-refractivity contribution < 1.29 is 4.79 Å². The van der Waals surface area contributed by atoms with Crippen molar-refractivity contribution in [3.63, 3.8) is 0 Å². The molecule has 1 aliphatic rings. The molecule has 3 heteroatoms. The molecule has 0 aliphatic heterocycles. The number of hydrogen-bond acceptors (Lipinski definition) is 2. The van der Waals surface area contributed by atoms with Gasteiger partial charge in [0.2, 0.25) is 0 Å². The molecule has 0 atom stereocenters. The molecule has 0 saturated heterocycles. The number of nitrogen functional groups attached to an aromatic ring is 1. The summed E-state index contributed by atoms with van der Waals surface area (Å²) in [6.45, 7) is 4.12. The molecule has 3 nitrogen and oxygen atoms in total.